The summed E-state index contributed by atoms with van der Waals surface area (Å²) >= 11 is 5.82. The van der Waals surface area contributed by atoms with Gasteiger partial charge in [0.05, 0.1) is 21.6 Å². The number of hydrogen-bond acceptors (Lipinski definition) is 5. The molecule has 1 amide bonds. The smallest absolute Gasteiger partial charge is 0.295 e. The van der Waals surface area contributed by atoms with E-state index < -0.39 is 28.0 Å². The van der Waals surface area contributed by atoms with E-state index in [1.54, 1.807) is 6.07 Å². The molecule has 1 heterocycles. The van der Waals surface area contributed by atoms with Gasteiger partial charge in [-0.2, -0.15) is 0 Å². The predicted octanol–water partition coefficient (Wildman–Crippen LogP) is 2.62. The van der Waals surface area contributed by atoms with E-state index >= 15 is 0 Å². The predicted molar refractivity (Wildman–Crippen MR) is 74.7 cm³/mol. The molecule has 0 fully saturated rings. The molecule has 0 aliphatic heterocycles. The summed E-state index contributed by atoms with van der Waals surface area (Å²) in [6, 6.07) is 4.48. The quantitative estimate of drug-likeness (QED) is 0.514. The molecule has 0 unspecified atom stereocenters. The van der Waals surface area contributed by atoms with Crippen LogP contribution >= 0.6 is 11.6 Å². The Hall–Kier alpha value is -2.74. The molecule has 0 atom stereocenters. The van der Waals surface area contributed by atoms with Gasteiger partial charge < -0.3 is 11.1 Å². The largest absolute Gasteiger partial charge is 0.393 e. The fourth-order valence-electron chi connectivity index (χ4n) is 1.60. The molecule has 108 valence electrons. The number of nitrogens with two attached hydrogens (primary N) is 1. The number of benzene rings is 1. The Morgan fingerprint density at radius 3 is 2.81 bits per heavy atom. The highest BCUT2D eigenvalue weighted by Crippen LogP contribution is 2.28. The van der Waals surface area contributed by atoms with E-state index in [2.05, 4.69) is 10.3 Å². The Balaban J connectivity index is 2.40. The minimum atomic E-state index is -0.951. The molecule has 1 aromatic carbocycles. The van der Waals surface area contributed by atoms with E-state index in [0.717, 1.165) is 6.07 Å². The second-order valence-electron chi connectivity index (χ2n) is 3.93. The van der Waals surface area contributed by atoms with Crippen LogP contribution in [0.2, 0.25) is 5.02 Å². The number of nitrogens with one attached hydrogen (secondary N) is 1. The van der Waals surface area contributed by atoms with Gasteiger partial charge in [-0.1, -0.05) is 11.6 Å². The van der Waals surface area contributed by atoms with E-state index in [1.165, 1.54) is 12.3 Å². The first-order chi connectivity index (χ1) is 9.90. The Bertz CT molecular complexity index is 738. The van der Waals surface area contributed by atoms with Crippen LogP contribution in [0.5, 0.6) is 0 Å². The van der Waals surface area contributed by atoms with Crippen LogP contribution in [0.1, 0.15) is 10.4 Å². The lowest BCUT2D eigenvalue weighted by molar-refractivity contribution is -0.384. The van der Waals surface area contributed by atoms with Crippen LogP contribution in [0.3, 0.4) is 0 Å². The molecule has 0 radical (unpaired) electrons. The average Bonchev–Trinajstić information content (AvgIpc) is 2.43. The van der Waals surface area contributed by atoms with Crippen molar-refractivity contribution in [1.29, 1.82) is 0 Å². The summed E-state index contributed by atoms with van der Waals surface area (Å²) in [4.78, 5) is 25.7. The van der Waals surface area contributed by atoms with E-state index in [4.69, 9.17) is 17.3 Å². The third-order valence-electron chi connectivity index (χ3n) is 2.55. The number of pyridine rings is 1. The Morgan fingerprint density at radius 2 is 2.19 bits per heavy atom. The van der Waals surface area contributed by atoms with Gasteiger partial charge in [0.25, 0.3) is 11.6 Å². The summed E-state index contributed by atoms with van der Waals surface area (Å²) in [6.07, 6.45) is 1.39. The molecule has 1 aromatic heterocycles. The fourth-order valence-corrected chi connectivity index (χ4v) is 1.76. The number of nitrogen functional groups attached to an aromatic ring is 1. The molecule has 21 heavy (non-hydrogen) atoms. The first kappa shape index (κ1) is 14.7. The van der Waals surface area contributed by atoms with Crippen molar-refractivity contribution < 1.29 is 14.1 Å². The number of carbonyl (C=O) groups is 1. The SMILES string of the molecule is Nc1c(C(=O)Nc2ncccc2Cl)cc(F)cc1[N+](=O)[O-]. The summed E-state index contributed by atoms with van der Waals surface area (Å²) < 4.78 is 13.4. The number of amides is 1. The maximum absolute atomic E-state index is 13.4. The van der Waals surface area contributed by atoms with Crippen molar-refractivity contribution >= 4 is 34.7 Å². The van der Waals surface area contributed by atoms with Crippen molar-refractivity contribution in [3.05, 3.63) is 57.0 Å². The Labute approximate surface area is 122 Å². The van der Waals surface area contributed by atoms with Crippen molar-refractivity contribution in [3.63, 3.8) is 0 Å². The lowest BCUT2D eigenvalue weighted by Crippen LogP contribution is -2.16. The van der Waals surface area contributed by atoms with Crippen LogP contribution in [0.4, 0.5) is 21.6 Å². The Morgan fingerprint density at radius 1 is 1.48 bits per heavy atom. The molecule has 0 bridgehead atoms. The molecule has 0 aliphatic carbocycles. The summed E-state index contributed by atoms with van der Waals surface area (Å²) in [7, 11) is 0. The average molecular weight is 311 g/mol. The third-order valence-corrected chi connectivity index (χ3v) is 2.86. The normalized spacial score (nSPS) is 10.2. The monoisotopic (exact) mass is 310 g/mol. The van der Waals surface area contributed by atoms with E-state index in [0.29, 0.717) is 6.07 Å². The van der Waals surface area contributed by atoms with Crippen molar-refractivity contribution in [3.8, 4) is 0 Å². The van der Waals surface area contributed by atoms with Crippen LogP contribution in [0, 0.1) is 15.9 Å². The zero-order chi connectivity index (χ0) is 15.6. The molecule has 7 nitrogen and oxygen atoms in total. The molecular weight excluding hydrogens is 303 g/mol. The maximum atomic E-state index is 13.4. The number of nitro benzene ring substituents is 1. The van der Waals surface area contributed by atoms with Crippen LogP contribution in [0.15, 0.2) is 30.5 Å². The lowest BCUT2D eigenvalue weighted by atomic mass is 10.1. The highest BCUT2D eigenvalue weighted by molar-refractivity contribution is 6.33. The maximum Gasteiger partial charge on any atom is 0.295 e. The van der Waals surface area contributed by atoms with Gasteiger partial charge in [-0.05, 0) is 18.2 Å². The van der Waals surface area contributed by atoms with Crippen molar-refractivity contribution in [1.82, 2.24) is 4.98 Å². The number of aromatic nitrogens is 1. The van der Waals surface area contributed by atoms with Crippen LogP contribution in [-0.4, -0.2) is 15.8 Å². The number of anilines is 2. The molecule has 0 saturated heterocycles. The van der Waals surface area contributed by atoms with Crippen LogP contribution < -0.4 is 11.1 Å². The second kappa shape index (κ2) is 5.71. The van der Waals surface area contributed by atoms with Crippen LogP contribution in [-0.2, 0) is 0 Å². The lowest BCUT2D eigenvalue weighted by Gasteiger charge is -2.08. The van der Waals surface area contributed by atoms with Gasteiger partial charge in [0.15, 0.2) is 5.82 Å². The summed E-state index contributed by atoms with van der Waals surface area (Å²) in [5.41, 5.74) is 4.02. The standard InChI is InChI=1S/C12H8ClFN4O3/c13-8-2-1-3-16-11(8)17-12(19)7-4-6(14)5-9(10(7)15)18(20)21/h1-5H,15H2,(H,16,17,19). The van der Waals surface area contributed by atoms with Gasteiger partial charge in [-0.3, -0.25) is 14.9 Å². The van der Waals surface area contributed by atoms with Gasteiger partial charge in [0, 0.05) is 6.20 Å². The number of nitrogens with zero attached hydrogens (tertiary/aromatic N) is 2. The molecule has 9 heteroatoms. The third kappa shape index (κ3) is 3.06. The minimum absolute atomic E-state index is 0.0375. The van der Waals surface area contributed by atoms with Crippen LogP contribution in [0.25, 0.3) is 0 Å². The summed E-state index contributed by atoms with van der Waals surface area (Å²) in [5, 5.41) is 13.2. The topological polar surface area (TPSA) is 111 Å². The van der Waals surface area contributed by atoms with Crippen molar-refractivity contribution in [2.45, 2.75) is 0 Å². The zero-order valence-corrected chi connectivity index (χ0v) is 11.1. The summed E-state index contributed by atoms with van der Waals surface area (Å²) in [5.74, 6) is -1.76. The van der Waals surface area contributed by atoms with E-state index in [9.17, 15) is 19.3 Å². The molecule has 0 aliphatic rings. The number of hydrogen-bond donors (Lipinski definition) is 2. The summed E-state index contributed by atoms with van der Waals surface area (Å²) in [6.45, 7) is 0. The molecule has 2 aromatic rings. The van der Waals surface area contributed by atoms with E-state index in [-0.39, 0.29) is 16.4 Å². The zero-order valence-electron chi connectivity index (χ0n) is 10.3. The van der Waals surface area contributed by atoms with Gasteiger partial charge in [0.2, 0.25) is 0 Å². The van der Waals surface area contributed by atoms with Gasteiger partial charge in [-0.25, -0.2) is 9.37 Å². The Kier molecular flexibility index (Phi) is 3.99. The number of nitro groups is 1. The number of rotatable bonds is 3. The van der Waals surface area contributed by atoms with Gasteiger partial charge in [0.1, 0.15) is 11.5 Å². The molecule has 3 N–H and O–H groups in total. The van der Waals surface area contributed by atoms with Gasteiger partial charge in [-0.15, -0.1) is 0 Å². The highest BCUT2D eigenvalue weighted by atomic mass is 35.5. The second-order valence-corrected chi connectivity index (χ2v) is 4.34. The van der Waals surface area contributed by atoms with Gasteiger partial charge >= 0.3 is 0 Å². The first-order valence-corrected chi connectivity index (χ1v) is 5.93. The molecule has 0 spiro atoms. The van der Waals surface area contributed by atoms with E-state index in [1.807, 2.05) is 0 Å². The molecular formula is C12H8ClFN4O3. The first-order valence-electron chi connectivity index (χ1n) is 5.55. The molecule has 0 saturated carbocycles. The number of halogens is 2. The molecule has 2 rings (SSSR count). The number of carbonyl (C=O) groups excluding carboxylic acids is 1. The highest BCUT2D eigenvalue weighted by Gasteiger charge is 2.22. The van der Waals surface area contributed by atoms with Crippen molar-refractivity contribution in [2.24, 2.45) is 0 Å². The minimum Gasteiger partial charge on any atom is -0.393 e. The van der Waals surface area contributed by atoms with Crippen molar-refractivity contribution in [2.75, 3.05) is 11.1 Å². The fraction of sp³-hybridized carbons (Fsp3) is 0.